The molecule has 5 rings (SSSR count). The van der Waals surface area contributed by atoms with Gasteiger partial charge in [0.1, 0.15) is 5.75 Å². The number of aliphatic hydroxyl groups is 2. The van der Waals surface area contributed by atoms with E-state index in [0.717, 1.165) is 41.7 Å². The van der Waals surface area contributed by atoms with Crippen molar-refractivity contribution in [3.63, 3.8) is 0 Å². The van der Waals surface area contributed by atoms with Gasteiger partial charge in [-0.25, -0.2) is 0 Å². The largest absolute Gasteiger partial charge is 0.497 e. The Balaban J connectivity index is 1.76. The smallest absolute Gasteiger partial charge is 0.119 e. The molecule has 5 heteroatoms. The van der Waals surface area contributed by atoms with Crippen LogP contribution in [0.1, 0.15) is 43.2 Å². The number of aromatic nitrogens is 1. The minimum absolute atomic E-state index is 0.0820. The summed E-state index contributed by atoms with van der Waals surface area (Å²) in [5.74, 6) is 1.84. The van der Waals surface area contributed by atoms with Crippen LogP contribution in [0.3, 0.4) is 0 Å². The highest BCUT2D eigenvalue weighted by atomic mass is 16.5. The van der Waals surface area contributed by atoms with Gasteiger partial charge in [-0.05, 0) is 68.0 Å². The third-order valence-electron chi connectivity index (χ3n) is 6.33. The molecule has 3 fully saturated rings. The minimum atomic E-state index is -0.685. The third-order valence-corrected chi connectivity index (χ3v) is 6.33. The molecular formula is C22H28N2O3. The molecule has 3 saturated heterocycles. The van der Waals surface area contributed by atoms with Crippen molar-refractivity contribution < 1.29 is 14.9 Å². The van der Waals surface area contributed by atoms with E-state index >= 15 is 0 Å². The highest BCUT2D eigenvalue weighted by molar-refractivity contribution is 5.84. The third kappa shape index (κ3) is 3.24. The van der Waals surface area contributed by atoms with E-state index in [-0.39, 0.29) is 6.04 Å². The summed E-state index contributed by atoms with van der Waals surface area (Å²) in [6.45, 7) is 7.67. The topological polar surface area (TPSA) is 65.8 Å². The number of aliphatic hydroxyl groups excluding tert-OH is 2. The highest BCUT2D eigenvalue weighted by Crippen LogP contribution is 2.42. The Bertz CT molecular complexity index is 851. The highest BCUT2D eigenvalue weighted by Gasteiger charge is 2.42. The van der Waals surface area contributed by atoms with Crippen molar-refractivity contribution in [2.24, 2.45) is 11.8 Å². The summed E-state index contributed by atoms with van der Waals surface area (Å²) >= 11 is 0. The van der Waals surface area contributed by atoms with E-state index in [1.807, 2.05) is 24.3 Å². The zero-order valence-corrected chi connectivity index (χ0v) is 16.0. The molecule has 4 heterocycles. The van der Waals surface area contributed by atoms with Crippen LogP contribution in [0.15, 0.2) is 36.9 Å². The van der Waals surface area contributed by atoms with Gasteiger partial charge in [0.15, 0.2) is 0 Å². The lowest BCUT2D eigenvalue weighted by Crippen LogP contribution is -2.54. The second-order valence-electron chi connectivity index (χ2n) is 7.89. The number of piperidine rings is 3. The first kappa shape index (κ1) is 18.4. The SMILES string of the molecule is C=C[C@H]1CN2CCC1C[C@H]2[C@H](O)c1cc(C(C)O)nc2ccc(OC)cc12. The van der Waals surface area contributed by atoms with Crippen LogP contribution in [-0.4, -0.2) is 46.3 Å². The van der Waals surface area contributed by atoms with Crippen LogP contribution in [0.4, 0.5) is 0 Å². The van der Waals surface area contributed by atoms with Gasteiger partial charge < -0.3 is 14.9 Å². The fourth-order valence-corrected chi connectivity index (χ4v) is 4.75. The van der Waals surface area contributed by atoms with Gasteiger partial charge >= 0.3 is 0 Å². The summed E-state index contributed by atoms with van der Waals surface area (Å²) in [6, 6.07) is 7.61. The number of pyridine rings is 1. The fraction of sp³-hybridized carbons (Fsp3) is 0.500. The molecule has 0 saturated carbocycles. The molecule has 0 aliphatic carbocycles. The van der Waals surface area contributed by atoms with E-state index in [1.54, 1.807) is 14.0 Å². The number of fused-ring (bicyclic) bond motifs is 4. The lowest BCUT2D eigenvalue weighted by atomic mass is 9.73. The van der Waals surface area contributed by atoms with Crippen molar-refractivity contribution in [3.8, 4) is 5.75 Å². The number of benzene rings is 1. The van der Waals surface area contributed by atoms with E-state index in [4.69, 9.17) is 4.74 Å². The van der Waals surface area contributed by atoms with E-state index in [1.165, 1.54) is 6.42 Å². The van der Waals surface area contributed by atoms with Crippen LogP contribution in [0, 0.1) is 11.8 Å². The van der Waals surface area contributed by atoms with Crippen molar-refractivity contribution in [2.45, 2.75) is 38.0 Å². The Kier molecular flexibility index (Phi) is 4.93. The second-order valence-corrected chi connectivity index (χ2v) is 7.89. The Labute approximate surface area is 160 Å². The summed E-state index contributed by atoms with van der Waals surface area (Å²) in [5, 5.41) is 22.3. The summed E-state index contributed by atoms with van der Waals surface area (Å²) in [5.41, 5.74) is 2.17. The molecule has 27 heavy (non-hydrogen) atoms. The molecule has 1 aromatic heterocycles. The normalized spacial score (nSPS) is 29.5. The molecule has 5 nitrogen and oxygen atoms in total. The maximum Gasteiger partial charge on any atom is 0.119 e. The first-order valence-electron chi connectivity index (χ1n) is 9.73. The van der Waals surface area contributed by atoms with Gasteiger partial charge in [-0.3, -0.25) is 9.88 Å². The van der Waals surface area contributed by atoms with Crippen LogP contribution in [0.5, 0.6) is 5.75 Å². The standard InChI is InChI=1S/C22H28N2O3/c1-4-14-12-24-8-7-15(14)9-21(24)22(26)18-11-20(13(2)25)23-19-6-5-16(27-3)10-17(18)19/h4-6,10-11,13-15,21-22,25-26H,1,7-9,12H2,2-3H3/t13?,14-,15?,21-,22+/m0/s1. The van der Waals surface area contributed by atoms with Crippen molar-refractivity contribution >= 4 is 10.9 Å². The van der Waals surface area contributed by atoms with Gasteiger partial charge in [0, 0.05) is 18.0 Å². The Hall–Kier alpha value is -1.95. The minimum Gasteiger partial charge on any atom is -0.497 e. The average Bonchev–Trinajstić information content (AvgIpc) is 2.71. The molecule has 2 aromatic rings. The van der Waals surface area contributed by atoms with Crippen LogP contribution < -0.4 is 4.74 Å². The quantitative estimate of drug-likeness (QED) is 0.793. The van der Waals surface area contributed by atoms with Crippen LogP contribution in [0.2, 0.25) is 0 Å². The Morgan fingerprint density at radius 1 is 1.33 bits per heavy atom. The van der Waals surface area contributed by atoms with Gasteiger partial charge in [0.2, 0.25) is 0 Å². The number of methoxy groups -OCH3 is 1. The molecule has 0 spiro atoms. The predicted octanol–water partition coefficient (Wildman–Crippen LogP) is 3.23. The number of nitrogens with zero attached hydrogens (tertiary/aromatic N) is 2. The maximum absolute atomic E-state index is 11.4. The number of rotatable bonds is 5. The van der Waals surface area contributed by atoms with Gasteiger partial charge in [-0.2, -0.15) is 0 Å². The lowest BCUT2D eigenvalue weighted by Gasteiger charge is -2.50. The first-order chi connectivity index (χ1) is 13.0. The molecule has 3 aliphatic heterocycles. The molecule has 144 valence electrons. The molecule has 0 amide bonds. The lowest BCUT2D eigenvalue weighted by molar-refractivity contribution is -0.0445. The first-order valence-corrected chi connectivity index (χ1v) is 9.73. The Morgan fingerprint density at radius 2 is 2.15 bits per heavy atom. The molecular weight excluding hydrogens is 340 g/mol. The molecule has 0 radical (unpaired) electrons. The fourth-order valence-electron chi connectivity index (χ4n) is 4.75. The summed E-state index contributed by atoms with van der Waals surface area (Å²) < 4.78 is 5.38. The van der Waals surface area contributed by atoms with E-state index in [2.05, 4.69) is 22.5 Å². The van der Waals surface area contributed by atoms with Gasteiger partial charge in [0.25, 0.3) is 0 Å². The molecule has 2 N–H and O–H groups in total. The van der Waals surface area contributed by atoms with E-state index in [9.17, 15) is 10.2 Å². The number of hydrogen-bond acceptors (Lipinski definition) is 5. The van der Waals surface area contributed by atoms with Crippen molar-refractivity contribution in [2.75, 3.05) is 20.2 Å². The predicted molar refractivity (Wildman–Crippen MR) is 106 cm³/mol. The molecule has 6 atom stereocenters. The van der Waals surface area contributed by atoms with Gasteiger partial charge in [-0.15, -0.1) is 6.58 Å². The summed E-state index contributed by atoms with van der Waals surface area (Å²) in [4.78, 5) is 6.96. The zero-order valence-electron chi connectivity index (χ0n) is 16.0. The summed E-state index contributed by atoms with van der Waals surface area (Å²) in [6.07, 6.45) is 2.89. The van der Waals surface area contributed by atoms with Crippen molar-refractivity contribution in [1.29, 1.82) is 0 Å². The average molecular weight is 368 g/mol. The summed E-state index contributed by atoms with van der Waals surface area (Å²) in [7, 11) is 1.64. The van der Waals surface area contributed by atoms with Crippen LogP contribution >= 0.6 is 0 Å². The number of hydrogen-bond donors (Lipinski definition) is 2. The van der Waals surface area contributed by atoms with Crippen molar-refractivity contribution in [3.05, 3.63) is 48.2 Å². The molecule has 2 bridgehead atoms. The Morgan fingerprint density at radius 3 is 2.78 bits per heavy atom. The van der Waals surface area contributed by atoms with E-state index in [0.29, 0.717) is 17.5 Å². The van der Waals surface area contributed by atoms with Crippen molar-refractivity contribution in [1.82, 2.24) is 9.88 Å². The molecule has 3 aliphatic rings. The number of ether oxygens (including phenoxy) is 1. The molecule has 1 aromatic carbocycles. The van der Waals surface area contributed by atoms with Crippen LogP contribution in [-0.2, 0) is 0 Å². The maximum atomic E-state index is 11.4. The second kappa shape index (κ2) is 7.23. The van der Waals surface area contributed by atoms with Gasteiger partial charge in [-0.1, -0.05) is 6.08 Å². The van der Waals surface area contributed by atoms with Crippen LogP contribution in [0.25, 0.3) is 10.9 Å². The van der Waals surface area contributed by atoms with E-state index < -0.39 is 12.2 Å². The monoisotopic (exact) mass is 368 g/mol. The van der Waals surface area contributed by atoms with Gasteiger partial charge in [0.05, 0.1) is 30.5 Å². The zero-order chi connectivity index (χ0) is 19.1. The molecule has 3 unspecified atom stereocenters.